The molecule has 2 rings (SSSR count). The predicted molar refractivity (Wildman–Crippen MR) is 65.4 cm³/mol. The van der Waals surface area contributed by atoms with Gasteiger partial charge in [0.15, 0.2) is 0 Å². The van der Waals surface area contributed by atoms with Crippen LogP contribution in [0.1, 0.15) is 35.2 Å². The molecule has 1 atom stereocenters. The molecule has 0 fully saturated rings. The Morgan fingerprint density at radius 2 is 2.00 bits per heavy atom. The van der Waals surface area contributed by atoms with E-state index in [0.29, 0.717) is 0 Å². The molecule has 4 nitrogen and oxygen atoms in total. The van der Waals surface area contributed by atoms with Crippen LogP contribution in [0.25, 0.3) is 0 Å². The number of furan rings is 1. The van der Waals surface area contributed by atoms with Crippen LogP contribution < -0.4 is 0 Å². The second-order valence-corrected chi connectivity index (χ2v) is 4.16. The van der Waals surface area contributed by atoms with Gasteiger partial charge in [0.05, 0.1) is 0 Å². The van der Waals surface area contributed by atoms with Crippen LogP contribution in [0.15, 0.2) is 40.8 Å². The number of aromatic carboxylic acids is 1. The lowest BCUT2D eigenvalue weighted by Gasteiger charge is -2.25. The molecule has 0 spiro atoms. The fraction of sp³-hybridized carbons (Fsp3) is 0.214. The molecule has 5 heteroatoms. The fourth-order valence-corrected chi connectivity index (χ4v) is 1.97. The van der Waals surface area contributed by atoms with Crippen molar-refractivity contribution in [3.05, 3.63) is 59.3 Å². The molecule has 0 radical (unpaired) electrons. The van der Waals surface area contributed by atoms with Crippen molar-refractivity contribution in [1.29, 1.82) is 0 Å². The number of benzene rings is 1. The molecule has 0 bridgehead atoms. The lowest BCUT2D eigenvalue weighted by Crippen LogP contribution is -2.27. The lowest BCUT2D eigenvalue weighted by atomic mass is 9.88. The first kappa shape index (κ1) is 13.3. The zero-order valence-corrected chi connectivity index (χ0v) is 10.3. The Morgan fingerprint density at radius 3 is 2.53 bits per heavy atom. The van der Waals surface area contributed by atoms with Crippen LogP contribution in [0.5, 0.6) is 0 Å². The molecule has 19 heavy (non-hydrogen) atoms. The van der Waals surface area contributed by atoms with E-state index in [4.69, 9.17) is 9.52 Å². The van der Waals surface area contributed by atoms with Gasteiger partial charge in [-0.3, -0.25) is 0 Å². The van der Waals surface area contributed by atoms with E-state index < -0.39 is 17.4 Å². The summed E-state index contributed by atoms with van der Waals surface area (Å²) in [4.78, 5) is 10.8. The van der Waals surface area contributed by atoms with Gasteiger partial charge < -0.3 is 14.6 Å². The SMILES string of the molecule is CCC(O)(c1ccc(C(=O)O)o1)c1ccccc1F. The molecule has 0 aliphatic carbocycles. The van der Waals surface area contributed by atoms with Gasteiger partial charge in [0.25, 0.3) is 0 Å². The first-order chi connectivity index (χ1) is 8.99. The number of hydrogen-bond acceptors (Lipinski definition) is 3. The average molecular weight is 264 g/mol. The van der Waals surface area contributed by atoms with E-state index in [0.717, 1.165) is 0 Å². The van der Waals surface area contributed by atoms with Gasteiger partial charge in [-0.1, -0.05) is 25.1 Å². The van der Waals surface area contributed by atoms with Gasteiger partial charge >= 0.3 is 5.97 Å². The quantitative estimate of drug-likeness (QED) is 0.890. The summed E-state index contributed by atoms with van der Waals surface area (Å²) in [7, 11) is 0. The third kappa shape index (κ3) is 2.24. The minimum atomic E-state index is -1.68. The molecular formula is C14H13FO4. The molecule has 0 aliphatic rings. The minimum absolute atomic E-state index is 0.0116. The summed E-state index contributed by atoms with van der Waals surface area (Å²) >= 11 is 0. The van der Waals surface area contributed by atoms with Crippen molar-refractivity contribution in [2.45, 2.75) is 18.9 Å². The van der Waals surface area contributed by atoms with Crippen LogP contribution in [-0.4, -0.2) is 16.2 Å². The lowest BCUT2D eigenvalue weighted by molar-refractivity contribution is 0.0447. The first-order valence-electron chi connectivity index (χ1n) is 5.80. The van der Waals surface area contributed by atoms with Gasteiger partial charge in [-0.05, 0) is 24.6 Å². The predicted octanol–water partition coefficient (Wildman–Crippen LogP) is 2.76. The zero-order chi connectivity index (χ0) is 14.0. The molecular weight excluding hydrogens is 251 g/mol. The van der Waals surface area contributed by atoms with Crippen LogP contribution in [0, 0.1) is 5.82 Å². The first-order valence-corrected chi connectivity index (χ1v) is 5.80. The maximum atomic E-state index is 13.8. The number of carboxylic acids is 1. The minimum Gasteiger partial charge on any atom is -0.475 e. The smallest absolute Gasteiger partial charge is 0.371 e. The number of aliphatic hydroxyl groups is 1. The second-order valence-electron chi connectivity index (χ2n) is 4.16. The van der Waals surface area contributed by atoms with E-state index in [9.17, 15) is 14.3 Å². The fourth-order valence-electron chi connectivity index (χ4n) is 1.97. The van der Waals surface area contributed by atoms with Gasteiger partial charge in [0.2, 0.25) is 5.76 Å². The normalized spacial score (nSPS) is 14.1. The molecule has 100 valence electrons. The monoisotopic (exact) mass is 264 g/mol. The summed E-state index contributed by atoms with van der Waals surface area (Å²) in [6, 6.07) is 8.37. The van der Waals surface area contributed by atoms with Crippen molar-refractivity contribution >= 4 is 5.97 Å². The van der Waals surface area contributed by atoms with Crippen molar-refractivity contribution < 1.29 is 23.8 Å². The molecule has 1 heterocycles. The number of rotatable bonds is 4. The molecule has 0 amide bonds. The summed E-state index contributed by atoms with van der Waals surface area (Å²) in [6.45, 7) is 1.66. The zero-order valence-electron chi connectivity index (χ0n) is 10.3. The van der Waals surface area contributed by atoms with Crippen LogP contribution in [0.2, 0.25) is 0 Å². The summed E-state index contributed by atoms with van der Waals surface area (Å²) < 4.78 is 18.9. The van der Waals surface area contributed by atoms with Crippen molar-refractivity contribution in [3.63, 3.8) is 0 Å². The molecule has 1 unspecified atom stereocenters. The van der Waals surface area contributed by atoms with Gasteiger partial charge in [-0.2, -0.15) is 0 Å². The Kier molecular flexibility index (Phi) is 3.40. The van der Waals surface area contributed by atoms with Crippen molar-refractivity contribution in [2.24, 2.45) is 0 Å². The van der Waals surface area contributed by atoms with Crippen molar-refractivity contribution in [1.82, 2.24) is 0 Å². The third-order valence-electron chi connectivity index (χ3n) is 3.06. The Labute approximate surface area is 109 Å². The van der Waals surface area contributed by atoms with Gasteiger partial charge in [0.1, 0.15) is 17.2 Å². The van der Waals surface area contributed by atoms with Crippen molar-refractivity contribution in [3.8, 4) is 0 Å². The highest BCUT2D eigenvalue weighted by molar-refractivity contribution is 5.84. The Morgan fingerprint density at radius 1 is 1.32 bits per heavy atom. The summed E-state index contributed by atoms with van der Waals surface area (Å²) in [6.07, 6.45) is 0.153. The van der Waals surface area contributed by atoms with Gasteiger partial charge in [-0.25, -0.2) is 9.18 Å². The van der Waals surface area contributed by atoms with Crippen molar-refractivity contribution in [2.75, 3.05) is 0 Å². The molecule has 2 N–H and O–H groups in total. The highest BCUT2D eigenvalue weighted by Crippen LogP contribution is 2.35. The second kappa shape index (κ2) is 4.85. The molecule has 1 aromatic heterocycles. The number of carbonyl (C=O) groups is 1. The van der Waals surface area contributed by atoms with E-state index in [2.05, 4.69) is 0 Å². The largest absolute Gasteiger partial charge is 0.475 e. The van der Waals surface area contributed by atoms with E-state index in [1.165, 1.54) is 30.3 Å². The van der Waals surface area contributed by atoms with E-state index in [-0.39, 0.29) is 23.5 Å². The van der Waals surface area contributed by atoms with Crippen LogP contribution >= 0.6 is 0 Å². The van der Waals surface area contributed by atoms with Gasteiger partial charge in [-0.15, -0.1) is 0 Å². The maximum absolute atomic E-state index is 13.8. The maximum Gasteiger partial charge on any atom is 0.371 e. The van der Waals surface area contributed by atoms with E-state index in [1.54, 1.807) is 13.0 Å². The number of hydrogen-bond donors (Lipinski definition) is 2. The summed E-state index contributed by atoms with van der Waals surface area (Å²) in [5, 5.41) is 19.4. The third-order valence-corrected chi connectivity index (χ3v) is 3.06. The molecule has 1 aromatic carbocycles. The highest BCUT2D eigenvalue weighted by Gasteiger charge is 2.35. The topological polar surface area (TPSA) is 70.7 Å². The molecule has 0 saturated carbocycles. The standard InChI is InChI=1S/C14H13FO4/c1-2-14(18,9-5-3-4-6-10(9)15)12-8-7-11(19-12)13(16)17/h3-8,18H,2H2,1H3,(H,16,17). The Balaban J connectivity index is 2.53. The Hall–Kier alpha value is -2.14. The van der Waals surface area contributed by atoms with Crippen LogP contribution in [0.3, 0.4) is 0 Å². The Bertz CT molecular complexity index is 605. The van der Waals surface area contributed by atoms with E-state index >= 15 is 0 Å². The molecule has 0 aliphatic heterocycles. The van der Waals surface area contributed by atoms with E-state index in [1.807, 2.05) is 0 Å². The molecule has 2 aromatic rings. The average Bonchev–Trinajstić information content (AvgIpc) is 2.88. The van der Waals surface area contributed by atoms with Gasteiger partial charge in [0, 0.05) is 5.56 Å². The summed E-state index contributed by atoms with van der Waals surface area (Å²) in [5.74, 6) is -2.09. The highest BCUT2D eigenvalue weighted by atomic mass is 19.1. The number of carboxylic acid groups (broad SMARTS) is 1. The van der Waals surface area contributed by atoms with Crippen LogP contribution in [-0.2, 0) is 5.60 Å². The van der Waals surface area contributed by atoms with Crippen LogP contribution in [0.4, 0.5) is 4.39 Å². The molecule has 0 saturated heterocycles. The number of halogens is 1. The summed E-state index contributed by atoms with van der Waals surface area (Å²) in [5.41, 5.74) is -1.62.